The number of amides is 2. The number of hydrogen-bond donors (Lipinski definition) is 1. The standard InChI is InChI=1S/C16H20BrN5O3/c1-10(2)6-21-8-12(25-9-15(21)23)5-19-16(24)13-3-14-18-4-11(17)7-22(14)20-13/h3-4,7,10,12H,5-6,8-9H2,1-2H3,(H,19,24). The molecule has 134 valence electrons. The molecular weight excluding hydrogens is 390 g/mol. The largest absolute Gasteiger partial charge is 0.365 e. The molecule has 25 heavy (non-hydrogen) atoms. The molecule has 0 aromatic carbocycles. The third-order valence-corrected chi connectivity index (χ3v) is 4.22. The molecule has 1 saturated heterocycles. The summed E-state index contributed by atoms with van der Waals surface area (Å²) in [6.45, 7) is 5.69. The molecule has 1 N–H and O–H groups in total. The molecule has 2 amide bonds. The second-order valence-electron chi connectivity index (χ2n) is 6.44. The van der Waals surface area contributed by atoms with Gasteiger partial charge in [-0.05, 0) is 21.8 Å². The Balaban J connectivity index is 1.58. The quantitative estimate of drug-likeness (QED) is 0.798. The van der Waals surface area contributed by atoms with Crippen LogP contribution < -0.4 is 5.32 Å². The van der Waals surface area contributed by atoms with E-state index in [1.54, 1.807) is 27.9 Å². The van der Waals surface area contributed by atoms with Crippen LogP contribution in [0.5, 0.6) is 0 Å². The Bertz CT molecular complexity index is 791. The molecule has 3 heterocycles. The van der Waals surface area contributed by atoms with Crippen LogP contribution in [0.2, 0.25) is 0 Å². The first-order valence-corrected chi connectivity index (χ1v) is 8.90. The highest BCUT2D eigenvalue weighted by atomic mass is 79.9. The van der Waals surface area contributed by atoms with Crippen LogP contribution in [-0.4, -0.2) is 63.7 Å². The highest BCUT2D eigenvalue weighted by Gasteiger charge is 2.27. The fourth-order valence-electron chi connectivity index (χ4n) is 2.68. The Morgan fingerprint density at radius 1 is 1.52 bits per heavy atom. The Kier molecular flexibility index (Phi) is 5.33. The molecule has 0 aliphatic carbocycles. The SMILES string of the molecule is CC(C)CN1CC(CNC(=O)c2cc3ncc(Br)cn3n2)OCC1=O. The van der Waals surface area contributed by atoms with Crippen molar-refractivity contribution in [3.05, 3.63) is 28.6 Å². The molecule has 0 saturated carbocycles. The maximum absolute atomic E-state index is 12.3. The number of rotatable bonds is 5. The van der Waals surface area contributed by atoms with E-state index in [2.05, 4.69) is 45.2 Å². The van der Waals surface area contributed by atoms with Crippen molar-refractivity contribution in [1.29, 1.82) is 0 Å². The monoisotopic (exact) mass is 409 g/mol. The molecule has 2 aromatic rings. The van der Waals surface area contributed by atoms with Crippen LogP contribution >= 0.6 is 15.9 Å². The van der Waals surface area contributed by atoms with E-state index in [4.69, 9.17) is 4.74 Å². The number of carbonyl (C=O) groups excluding carboxylic acids is 2. The van der Waals surface area contributed by atoms with Crippen molar-refractivity contribution >= 4 is 33.4 Å². The predicted molar refractivity (Wildman–Crippen MR) is 94.2 cm³/mol. The third kappa shape index (κ3) is 4.35. The Hall–Kier alpha value is -2.00. The average Bonchev–Trinajstić information content (AvgIpc) is 2.98. The van der Waals surface area contributed by atoms with Crippen molar-refractivity contribution in [1.82, 2.24) is 24.8 Å². The van der Waals surface area contributed by atoms with Crippen molar-refractivity contribution in [2.45, 2.75) is 20.0 Å². The van der Waals surface area contributed by atoms with Crippen LogP contribution in [0, 0.1) is 5.92 Å². The van der Waals surface area contributed by atoms with Crippen molar-refractivity contribution in [2.24, 2.45) is 5.92 Å². The summed E-state index contributed by atoms with van der Waals surface area (Å²) in [6, 6.07) is 1.62. The van der Waals surface area contributed by atoms with Gasteiger partial charge in [-0.15, -0.1) is 0 Å². The zero-order valence-electron chi connectivity index (χ0n) is 14.1. The van der Waals surface area contributed by atoms with Gasteiger partial charge >= 0.3 is 0 Å². The molecule has 0 bridgehead atoms. The zero-order chi connectivity index (χ0) is 18.0. The van der Waals surface area contributed by atoms with Gasteiger partial charge in [-0.25, -0.2) is 9.50 Å². The normalized spacial score (nSPS) is 18.2. The van der Waals surface area contributed by atoms with E-state index >= 15 is 0 Å². The van der Waals surface area contributed by atoms with Crippen molar-refractivity contribution < 1.29 is 14.3 Å². The minimum Gasteiger partial charge on any atom is -0.365 e. The smallest absolute Gasteiger partial charge is 0.271 e. The average molecular weight is 410 g/mol. The van der Waals surface area contributed by atoms with E-state index in [-0.39, 0.29) is 30.2 Å². The van der Waals surface area contributed by atoms with E-state index in [1.165, 1.54) is 0 Å². The molecule has 3 rings (SSSR count). The number of aromatic nitrogens is 3. The van der Waals surface area contributed by atoms with Gasteiger partial charge in [-0.3, -0.25) is 9.59 Å². The molecule has 1 unspecified atom stereocenters. The fourth-order valence-corrected chi connectivity index (χ4v) is 2.98. The highest BCUT2D eigenvalue weighted by Crippen LogP contribution is 2.11. The molecule has 1 aliphatic heterocycles. The van der Waals surface area contributed by atoms with Gasteiger partial charge in [0, 0.05) is 38.1 Å². The van der Waals surface area contributed by atoms with Crippen LogP contribution in [0.3, 0.4) is 0 Å². The summed E-state index contributed by atoms with van der Waals surface area (Å²) in [4.78, 5) is 30.1. The zero-order valence-corrected chi connectivity index (χ0v) is 15.7. The van der Waals surface area contributed by atoms with Crippen molar-refractivity contribution in [3.8, 4) is 0 Å². The fraction of sp³-hybridized carbons (Fsp3) is 0.500. The lowest BCUT2D eigenvalue weighted by atomic mass is 10.1. The number of carbonyl (C=O) groups is 2. The van der Waals surface area contributed by atoms with Crippen LogP contribution in [0.15, 0.2) is 22.9 Å². The summed E-state index contributed by atoms with van der Waals surface area (Å²) in [5.41, 5.74) is 0.882. The van der Waals surface area contributed by atoms with Crippen LogP contribution in [0.4, 0.5) is 0 Å². The molecule has 1 fully saturated rings. The van der Waals surface area contributed by atoms with Crippen molar-refractivity contribution in [3.63, 3.8) is 0 Å². The molecule has 2 aromatic heterocycles. The van der Waals surface area contributed by atoms with Gasteiger partial charge in [0.2, 0.25) is 5.91 Å². The Morgan fingerprint density at radius 2 is 2.32 bits per heavy atom. The maximum atomic E-state index is 12.3. The summed E-state index contributed by atoms with van der Waals surface area (Å²) in [5.74, 6) is 0.0906. The minimum atomic E-state index is -0.294. The number of hydrogen-bond acceptors (Lipinski definition) is 5. The molecule has 9 heteroatoms. The lowest BCUT2D eigenvalue weighted by Crippen LogP contribution is -2.51. The molecule has 0 radical (unpaired) electrons. The van der Waals surface area contributed by atoms with Crippen LogP contribution in [0.1, 0.15) is 24.3 Å². The number of nitrogens with zero attached hydrogens (tertiary/aromatic N) is 4. The summed E-state index contributed by atoms with van der Waals surface area (Å²) in [6.07, 6.45) is 3.16. The van der Waals surface area contributed by atoms with E-state index in [0.29, 0.717) is 31.2 Å². The number of halogens is 1. The molecule has 1 aliphatic rings. The lowest BCUT2D eigenvalue weighted by molar-refractivity contribution is -0.149. The predicted octanol–water partition coefficient (Wildman–Crippen LogP) is 1.10. The second kappa shape index (κ2) is 7.49. The lowest BCUT2D eigenvalue weighted by Gasteiger charge is -2.33. The molecule has 8 nitrogen and oxygen atoms in total. The van der Waals surface area contributed by atoms with Gasteiger partial charge in [-0.2, -0.15) is 5.10 Å². The first-order chi connectivity index (χ1) is 11.9. The maximum Gasteiger partial charge on any atom is 0.271 e. The topological polar surface area (TPSA) is 88.8 Å². The first-order valence-electron chi connectivity index (χ1n) is 8.11. The number of nitrogens with one attached hydrogen (secondary N) is 1. The number of morpholine rings is 1. The summed E-state index contributed by atoms with van der Waals surface area (Å²) >= 11 is 3.32. The van der Waals surface area contributed by atoms with Gasteiger partial charge in [0.1, 0.15) is 6.61 Å². The number of ether oxygens (including phenoxy) is 1. The van der Waals surface area contributed by atoms with Gasteiger partial charge in [0.05, 0.1) is 10.6 Å². The summed E-state index contributed by atoms with van der Waals surface area (Å²) < 4.78 is 7.83. The third-order valence-electron chi connectivity index (χ3n) is 3.81. The second-order valence-corrected chi connectivity index (χ2v) is 7.36. The molecule has 0 spiro atoms. The summed E-state index contributed by atoms with van der Waals surface area (Å²) in [7, 11) is 0. The Morgan fingerprint density at radius 3 is 3.08 bits per heavy atom. The molecule has 1 atom stereocenters. The highest BCUT2D eigenvalue weighted by molar-refractivity contribution is 9.10. The van der Waals surface area contributed by atoms with E-state index in [0.717, 1.165) is 4.47 Å². The number of fused-ring (bicyclic) bond motifs is 1. The van der Waals surface area contributed by atoms with E-state index < -0.39 is 0 Å². The van der Waals surface area contributed by atoms with Gasteiger partial charge < -0.3 is 15.0 Å². The molecular formula is C16H20BrN5O3. The van der Waals surface area contributed by atoms with Gasteiger partial charge in [0.25, 0.3) is 5.91 Å². The van der Waals surface area contributed by atoms with E-state index in [9.17, 15) is 9.59 Å². The van der Waals surface area contributed by atoms with Gasteiger partial charge in [0.15, 0.2) is 11.3 Å². The van der Waals surface area contributed by atoms with Crippen LogP contribution in [0.25, 0.3) is 5.65 Å². The minimum absolute atomic E-state index is 0.00622. The van der Waals surface area contributed by atoms with E-state index in [1.807, 2.05) is 0 Å². The van der Waals surface area contributed by atoms with Crippen LogP contribution in [-0.2, 0) is 9.53 Å². The first kappa shape index (κ1) is 17.8. The Labute approximate surface area is 153 Å². The summed E-state index contributed by atoms with van der Waals surface area (Å²) in [5, 5.41) is 7.03. The van der Waals surface area contributed by atoms with Gasteiger partial charge in [-0.1, -0.05) is 13.8 Å². The van der Waals surface area contributed by atoms with Crippen molar-refractivity contribution in [2.75, 3.05) is 26.2 Å².